The van der Waals surface area contributed by atoms with Crippen molar-refractivity contribution in [3.63, 3.8) is 0 Å². The monoisotopic (exact) mass is 210 g/mol. The fourth-order valence-electron chi connectivity index (χ4n) is 1.68. The van der Waals surface area contributed by atoms with Crippen LogP contribution in [0.25, 0.3) is 0 Å². The molecule has 1 unspecified atom stereocenters. The topological polar surface area (TPSA) is 20.2 Å². The molecule has 0 aromatic heterocycles. The molecule has 1 aliphatic rings. The molecule has 0 amide bonds. The fourth-order valence-corrected chi connectivity index (χ4v) is 1.81. The summed E-state index contributed by atoms with van der Waals surface area (Å²) < 4.78 is 0. The predicted molar refractivity (Wildman–Crippen MR) is 58.5 cm³/mol. The minimum atomic E-state index is -0.0920. The summed E-state index contributed by atoms with van der Waals surface area (Å²) in [5.74, 6) is 0.585. The van der Waals surface area contributed by atoms with E-state index in [1.165, 1.54) is 18.4 Å². The third-order valence-corrected chi connectivity index (χ3v) is 3.06. The molecule has 2 heteroatoms. The van der Waals surface area contributed by atoms with Crippen LogP contribution in [0.2, 0.25) is 5.02 Å². The number of hydrogen-bond acceptors (Lipinski definition) is 1. The van der Waals surface area contributed by atoms with E-state index in [2.05, 4.69) is 0 Å². The number of aliphatic hydroxyl groups excluding tert-OH is 1. The summed E-state index contributed by atoms with van der Waals surface area (Å²) in [4.78, 5) is 0. The van der Waals surface area contributed by atoms with E-state index < -0.39 is 0 Å². The largest absolute Gasteiger partial charge is 0.393 e. The molecular formula is C12H15ClO. The smallest absolute Gasteiger partial charge is 0.0571 e. The molecule has 2 rings (SSSR count). The molecule has 1 saturated carbocycles. The Labute approximate surface area is 89.7 Å². The first-order valence-corrected chi connectivity index (χ1v) is 5.56. The van der Waals surface area contributed by atoms with Gasteiger partial charge in [-0.1, -0.05) is 23.7 Å². The van der Waals surface area contributed by atoms with E-state index in [1.54, 1.807) is 0 Å². The molecule has 1 aromatic rings. The molecule has 1 aliphatic carbocycles. The van der Waals surface area contributed by atoms with Crippen molar-refractivity contribution in [2.45, 2.75) is 31.8 Å². The molecule has 0 bridgehead atoms. The maximum Gasteiger partial charge on any atom is 0.0571 e. The summed E-state index contributed by atoms with van der Waals surface area (Å²) in [5.41, 5.74) is 1.26. The Bertz CT molecular complexity index is 290. The molecule has 1 nitrogen and oxygen atoms in total. The number of benzene rings is 1. The van der Waals surface area contributed by atoms with Crippen molar-refractivity contribution >= 4 is 11.6 Å². The van der Waals surface area contributed by atoms with Crippen molar-refractivity contribution in [3.05, 3.63) is 34.9 Å². The highest BCUT2D eigenvalue weighted by atomic mass is 35.5. The minimum absolute atomic E-state index is 0.0920. The lowest BCUT2D eigenvalue weighted by Crippen LogP contribution is -2.09. The lowest BCUT2D eigenvalue weighted by molar-refractivity contribution is 0.142. The van der Waals surface area contributed by atoms with Crippen molar-refractivity contribution in [1.29, 1.82) is 0 Å². The standard InChI is InChI=1S/C12H15ClO/c13-11-6-1-9(2-7-11)3-8-12(14)10-4-5-10/h1-2,6-7,10,12,14H,3-5,8H2. The number of aryl methyl sites for hydroxylation is 1. The summed E-state index contributed by atoms with van der Waals surface area (Å²) in [6.07, 6.45) is 4.16. The van der Waals surface area contributed by atoms with E-state index in [1.807, 2.05) is 24.3 Å². The lowest BCUT2D eigenvalue weighted by Gasteiger charge is -2.08. The Morgan fingerprint density at radius 3 is 2.50 bits per heavy atom. The zero-order valence-electron chi connectivity index (χ0n) is 8.12. The second-order valence-corrected chi connectivity index (χ2v) is 4.51. The van der Waals surface area contributed by atoms with Crippen LogP contribution in [0.1, 0.15) is 24.8 Å². The summed E-state index contributed by atoms with van der Waals surface area (Å²) >= 11 is 5.79. The maximum atomic E-state index is 9.68. The van der Waals surface area contributed by atoms with Gasteiger partial charge in [-0.3, -0.25) is 0 Å². The molecule has 1 aromatic carbocycles. The predicted octanol–water partition coefficient (Wildman–Crippen LogP) is 3.04. The highest BCUT2D eigenvalue weighted by molar-refractivity contribution is 6.30. The van der Waals surface area contributed by atoms with E-state index in [4.69, 9.17) is 11.6 Å². The molecule has 1 fully saturated rings. The van der Waals surface area contributed by atoms with Crippen LogP contribution in [-0.2, 0) is 6.42 Å². The van der Waals surface area contributed by atoms with Gasteiger partial charge in [-0.25, -0.2) is 0 Å². The summed E-state index contributed by atoms with van der Waals surface area (Å²) in [6, 6.07) is 7.87. The quantitative estimate of drug-likeness (QED) is 0.810. The molecule has 0 aliphatic heterocycles. The third-order valence-electron chi connectivity index (χ3n) is 2.81. The van der Waals surface area contributed by atoms with Crippen LogP contribution in [0, 0.1) is 5.92 Å². The highest BCUT2D eigenvalue weighted by Crippen LogP contribution is 2.34. The highest BCUT2D eigenvalue weighted by Gasteiger charge is 2.28. The average Bonchev–Trinajstić information content (AvgIpc) is 3.00. The lowest BCUT2D eigenvalue weighted by atomic mass is 10.0. The van der Waals surface area contributed by atoms with Gasteiger partial charge in [0.2, 0.25) is 0 Å². The van der Waals surface area contributed by atoms with Crippen molar-refractivity contribution in [1.82, 2.24) is 0 Å². The number of halogens is 1. The molecule has 14 heavy (non-hydrogen) atoms. The van der Waals surface area contributed by atoms with Crippen molar-refractivity contribution < 1.29 is 5.11 Å². The van der Waals surface area contributed by atoms with Gasteiger partial charge in [-0.15, -0.1) is 0 Å². The van der Waals surface area contributed by atoms with Gasteiger partial charge >= 0.3 is 0 Å². The van der Waals surface area contributed by atoms with E-state index in [0.717, 1.165) is 17.9 Å². The maximum absolute atomic E-state index is 9.68. The normalized spacial score (nSPS) is 18.1. The van der Waals surface area contributed by atoms with Crippen molar-refractivity contribution in [2.75, 3.05) is 0 Å². The molecule has 0 heterocycles. The van der Waals surface area contributed by atoms with Gasteiger partial charge in [0.05, 0.1) is 6.10 Å². The zero-order chi connectivity index (χ0) is 9.97. The Kier molecular flexibility index (Phi) is 3.09. The van der Waals surface area contributed by atoms with Crippen LogP contribution in [0.4, 0.5) is 0 Å². The Morgan fingerprint density at radius 1 is 1.29 bits per heavy atom. The number of rotatable bonds is 4. The molecular weight excluding hydrogens is 196 g/mol. The first-order chi connectivity index (χ1) is 6.75. The molecule has 0 saturated heterocycles. The van der Waals surface area contributed by atoms with Gasteiger partial charge < -0.3 is 5.11 Å². The molecule has 0 radical (unpaired) electrons. The Balaban J connectivity index is 1.82. The van der Waals surface area contributed by atoms with Gasteiger partial charge in [0, 0.05) is 5.02 Å². The molecule has 1 atom stereocenters. The number of aliphatic hydroxyl groups is 1. The van der Waals surface area contributed by atoms with Gasteiger partial charge in [-0.2, -0.15) is 0 Å². The summed E-state index contributed by atoms with van der Waals surface area (Å²) in [7, 11) is 0. The van der Waals surface area contributed by atoms with Crippen LogP contribution in [0.15, 0.2) is 24.3 Å². The van der Waals surface area contributed by atoms with Crippen LogP contribution >= 0.6 is 11.6 Å². The minimum Gasteiger partial charge on any atom is -0.393 e. The molecule has 0 spiro atoms. The van der Waals surface area contributed by atoms with E-state index in [0.29, 0.717) is 5.92 Å². The Morgan fingerprint density at radius 2 is 1.93 bits per heavy atom. The van der Waals surface area contributed by atoms with Gasteiger partial charge in [0.15, 0.2) is 0 Å². The van der Waals surface area contributed by atoms with E-state index in [9.17, 15) is 5.11 Å². The first-order valence-electron chi connectivity index (χ1n) is 5.18. The fraction of sp³-hybridized carbons (Fsp3) is 0.500. The number of hydrogen-bond donors (Lipinski definition) is 1. The van der Waals surface area contributed by atoms with Crippen LogP contribution in [-0.4, -0.2) is 11.2 Å². The Hall–Kier alpha value is -0.530. The SMILES string of the molecule is OC(CCc1ccc(Cl)cc1)C1CC1. The summed E-state index contributed by atoms with van der Waals surface area (Å²) in [5, 5.41) is 10.5. The van der Waals surface area contributed by atoms with E-state index >= 15 is 0 Å². The van der Waals surface area contributed by atoms with Crippen molar-refractivity contribution in [3.8, 4) is 0 Å². The van der Waals surface area contributed by atoms with E-state index in [-0.39, 0.29) is 6.10 Å². The van der Waals surface area contributed by atoms with Crippen molar-refractivity contribution in [2.24, 2.45) is 5.92 Å². The van der Waals surface area contributed by atoms with Crippen LogP contribution in [0.5, 0.6) is 0 Å². The van der Waals surface area contributed by atoms with Crippen LogP contribution in [0.3, 0.4) is 0 Å². The van der Waals surface area contributed by atoms with Gasteiger partial charge in [0.25, 0.3) is 0 Å². The van der Waals surface area contributed by atoms with Gasteiger partial charge in [0.1, 0.15) is 0 Å². The summed E-state index contributed by atoms with van der Waals surface area (Å²) in [6.45, 7) is 0. The van der Waals surface area contributed by atoms with Gasteiger partial charge in [-0.05, 0) is 49.3 Å². The second kappa shape index (κ2) is 4.33. The zero-order valence-corrected chi connectivity index (χ0v) is 8.87. The first kappa shape index (κ1) is 10.0. The van der Waals surface area contributed by atoms with Crippen LogP contribution < -0.4 is 0 Å². The third kappa shape index (κ3) is 2.73. The second-order valence-electron chi connectivity index (χ2n) is 4.07. The average molecular weight is 211 g/mol. The molecule has 1 N–H and O–H groups in total. The molecule has 76 valence electrons.